The molecule has 28 heavy (non-hydrogen) atoms. The Hall–Kier alpha value is -1.15. The van der Waals surface area contributed by atoms with Crippen LogP contribution in [0.2, 0.25) is 0 Å². The summed E-state index contributed by atoms with van der Waals surface area (Å²) in [5.74, 6) is -0.0850. The van der Waals surface area contributed by atoms with E-state index in [1.54, 1.807) is 24.1 Å². The molecule has 8 heteroatoms. The zero-order chi connectivity index (χ0) is 20.4. The van der Waals surface area contributed by atoms with Crippen LogP contribution in [0.5, 0.6) is 0 Å². The third kappa shape index (κ3) is 5.47. The lowest BCUT2D eigenvalue weighted by atomic mass is 9.87. The number of carbonyl (C=O) groups is 1. The molecule has 1 aliphatic rings. The van der Waals surface area contributed by atoms with E-state index in [1.807, 2.05) is 19.1 Å². The number of amides is 1. The molecule has 1 amide bonds. The van der Waals surface area contributed by atoms with Crippen LogP contribution in [0.15, 0.2) is 29.2 Å². The van der Waals surface area contributed by atoms with Gasteiger partial charge in [-0.25, -0.2) is 8.42 Å². The Kier molecular flexibility index (Phi) is 8.50. The van der Waals surface area contributed by atoms with Crippen molar-refractivity contribution in [3.05, 3.63) is 29.8 Å². The second-order valence-electron chi connectivity index (χ2n) is 8.49. The van der Waals surface area contributed by atoms with E-state index in [0.717, 1.165) is 5.56 Å². The minimum atomic E-state index is -3.53. The van der Waals surface area contributed by atoms with Gasteiger partial charge in [0, 0.05) is 38.6 Å². The Morgan fingerprint density at radius 3 is 2.14 bits per heavy atom. The first-order chi connectivity index (χ1) is 12.5. The van der Waals surface area contributed by atoms with Crippen molar-refractivity contribution >= 4 is 28.3 Å². The molecule has 160 valence electrons. The average molecular weight is 432 g/mol. The van der Waals surface area contributed by atoms with Gasteiger partial charge in [-0.15, -0.1) is 12.4 Å². The minimum absolute atomic E-state index is 0. The summed E-state index contributed by atoms with van der Waals surface area (Å²) in [6.07, 6.45) is 1.08. The summed E-state index contributed by atoms with van der Waals surface area (Å²) in [6.45, 7) is 9.36. The summed E-state index contributed by atoms with van der Waals surface area (Å²) in [4.78, 5) is 14.6. The molecule has 6 nitrogen and oxygen atoms in total. The predicted molar refractivity (Wildman–Crippen MR) is 115 cm³/mol. The van der Waals surface area contributed by atoms with E-state index in [-0.39, 0.29) is 35.7 Å². The number of nitrogens with zero attached hydrogens (tertiary/aromatic N) is 2. The number of carbonyl (C=O) groups excluding carboxylic acids is 1. The van der Waals surface area contributed by atoms with Gasteiger partial charge >= 0.3 is 0 Å². The second-order valence-corrected chi connectivity index (χ2v) is 10.4. The van der Waals surface area contributed by atoms with Crippen molar-refractivity contribution in [3.63, 3.8) is 0 Å². The number of likely N-dealkylation sites (N-methyl/N-ethyl adjacent to an activating group) is 1. The predicted octanol–water partition coefficient (Wildman–Crippen LogP) is 2.61. The van der Waals surface area contributed by atoms with Crippen molar-refractivity contribution in [2.45, 2.75) is 56.9 Å². The maximum atomic E-state index is 12.9. The molecule has 0 saturated carbocycles. The van der Waals surface area contributed by atoms with Crippen molar-refractivity contribution in [3.8, 4) is 0 Å². The maximum Gasteiger partial charge on any atom is 0.243 e. The molecule has 0 aromatic heterocycles. The Morgan fingerprint density at radius 1 is 1.21 bits per heavy atom. The number of rotatable bonds is 5. The van der Waals surface area contributed by atoms with Crippen molar-refractivity contribution in [1.29, 1.82) is 0 Å². The minimum Gasteiger partial charge on any atom is -0.342 e. The Bertz CT molecular complexity index is 752. The lowest BCUT2D eigenvalue weighted by molar-refractivity contribution is -0.137. The molecule has 0 spiro atoms. The van der Waals surface area contributed by atoms with Gasteiger partial charge in [-0.3, -0.25) is 4.79 Å². The molecule has 1 heterocycles. The number of piperidine rings is 1. The third-order valence-electron chi connectivity index (χ3n) is 5.51. The summed E-state index contributed by atoms with van der Waals surface area (Å²) in [6, 6.07) is 7.12. The quantitative estimate of drug-likeness (QED) is 0.776. The molecule has 1 fully saturated rings. The van der Waals surface area contributed by atoms with E-state index in [1.165, 1.54) is 4.31 Å². The van der Waals surface area contributed by atoms with E-state index < -0.39 is 10.0 Å². The van der Waals surface area contributed by atoms with Gasteiger partial charge in [0.1, 0.15) is 0 Å². The standard InChI is InChI=1S/C20H33N3O3S.ClH/c1-15(14-21)22(5)19(24)16-10-12-23(13-11-16)27(25,26)18-8-6-17(7-9-18)20(2,3)4;/h6-9,15-16H,10-14,21H2,1-5H3;1H. The monoisotopic (exact) mass is 431 g/mol. The highest BCUT2D eigenvalue weighted by Crippen LogP contribution is 2.27. The normalized spacial score (nSPS) is 17.6. The molecule has 1 saturated heterocycles. The number of halogens is 1. The topological polar surface area (TPSA) is 83.7 Å². The highest BCUT2D eigenvalue weighted by atomic mass is 35.5. The lowest BCUT2D eigenvalue weighted by Crippen LogP contribution is -2.47. The largest absolute Gasteiger partial charge is 0.342 e. The van der Waals surface area contributed by atoms with Gasteiger partial charge in [0.15, 0.2) is 0 Å². The van der Waals surface area contributed by atoms with Gasteiger partial charge in [0.25, 0.3) is 0 Å². The summed E-state index contributed by atoms with van der Waals surface area (Å²) < 4.78 is 27.3. The number of sulfonamides is 1. The van der Waals surface area contributed by atoms with Crippen molar-refractivity contribution in [1.82, 2.24) is 9.21 Å². The van der Waals surface area contributed by atoms with Crippen LogP contribution in [-0.4, -0.2) is 56.3 Å². The number of benzene rings is 1. The van der Waals surface area contributed by atoms with Crippen LogP contribution >= 0.6 is 12.4 Å². The molecule has 1 aliphatic heterocycles. The molecular formula is C20H34ClN3O3S. The maximum absolute atomic E-state index is 12.9. The number of hydrogen-bond acceptors (Lipinski definition) is 4. The van der Waals surface area contributed by atoms with Gasteiger partial charge in [0.05, 0.1) is 4.90 Å². The number of nitrogens with two attached hydrogens (primary N) is 1. The van der Waals surface area contributed by atoms with Crippen LogP contribution in [-0.2, 0) is 20.2 Å². The van der Waals surface area contributed by atoms with Crippen LogP contribution in [0.25, 0.3) is 0 Å². The Labute approximate surface area is 175 Å². The third-order valence-corrected chi connectivity index (χ3v) is 7.42. The molecule has 1 aromatic rings. The molecule has 2 rings (SSSR count). The Morgan fingerprint density at radius 2 is 1.71 bits per heavy atom. The first kappa shape index (κ1) is 24.9. The van der Waals surface area contributed by atoms with Crippen LogP contribution in [0.4, 0.5) is 0 Å². The average Bonchev–Trinajstić information content (AvgIpc) is 2.65. The van der Waals surface area contributed by atoms with Crippen molar-refractivity contribution < 1.29 is 13.2 Å². The van der Waals surface area contributed by atoms with E-state index in [9.17, 15) is 13.2 Å². The van der Waals surface area contributed by atoms with Crippen LogP contribution < -0.4 is 5.73 Å². The summed E-state index contributed by atoms with van der Waals surface area (Å²) >= 11 is 0. The smallest absolute Gasteiger partial charge is 0.243 e. The van der Waals surface area contributed by atoms with Gasteiger partial charge < -0.3 is 10.6 Å². The van der Waals surface area contributed by atoms with Gasteiger partial charge in [-0.2, -0.15) is 4.31 Å². The molecule has 0 aliphatic carbocycles. The fourth-order valence-electron chi connectivity index (χ4n) is 3.28. The summed E-state index contributed by atoms with van der Waals surface area (Å²) in [5.41, 5.74) is 6.72. The van der Waals surface area contributed by atoms with E-state index in [0.29, 0.717) is 37.4 Å². The summed E-state index contributed by atoms with van der Waals surface area (Å²) in [5, 5.41) is 0. The SMILES string of the molecule is CC(CN)N(C)C(=O)C1CCN(S(=O)(=O)c2ccc(C(C)(C)C)cc2)CC1.Cl. The van der Waals surface area contributed by atoms with Crippen LogP contribution in [0.1, 0.15) is 46.1 Å². The van der Waals surface area contributed by atoms with Gasteiger partial charge in [-0.05, 0) is 42.9 Å². The van der Waals surface area contributed by atoms with Crippen LogP contribution in [0.3, 0.4) is 0 Å². The highest BCUT2D eigenvalue weighted by Gasteiger charge is 2.34. The molecule has 2 N–H and O–H groups in total. The number of hydrogen-bond donors (Lipinski definition) is 1. The highest BCUT2D eigenvalue weighted by molar-refractivity contribution is 7.89. The molecule has 1 atom stereocenters. The van der Waals surface area contributed by atoms with Gasteiger partial charge in [0.2, 0.25) is 15.9 Å². The first-order valence-electron chi connectivity index (χ1n) is 9.56. The van der Waals surface area contributed by atoms with Crippen molar-refractivity contribution in [2.24, 2.45) is 11.7 Å². The first-order valence-corrected chi connectivity index (χ1v) is 11.0. The zero-order valence-corrected chi connectivity index (χ0v) is 19.1. The molecule has 1 aromatic carbocycles. The van der Waals surface area contributed by atoms with Crippen molar-refractivity contribution in [2.75, 3.05) is 26.7 Å². The molecular weight excluding hydrogens is 398 g/mol. The molecule has 0 radical (unpaired) electrons. The van der Waals surface area contributed by atoms with E-state index in [2.05, 4.69) is 20.8 Å². The molecule has 0 bridgehead atoms. The fourth-order valence-corrected chi connectivity index (χ4v) is 4.75. The second kappa shape index (κ2) is 9.57. The van der Waals surface area contributed by atoms with Gasteiger partial charge in [-0.1, -0.05) is 32.9 Å². The lowest BCUT2D eigenvalue weighted by Gasteiger charge is -2.34. The summed E-state index contributed by atoms with van der Waals surface area (Å²) in [7, 11) is -1.76. The van der Waals surface area contributed by atoms with E-state index >= 15 is 0 Å². The van der Waals surface area contributed by atoms with Crippen LogP contribution in [0, 0.1) is 5.92 Å². The fraction of sp³-hybridized carbons (Fsp3) is 0.650. The molecule has 1 unspecified atom stereocenters. The zero-order valence-electron chi connectivity index (χ0n) is 17.5. The Balaban J connectivity index is 0.00000392. The van der Waals surface area contributed by atoms with E-state index in [4.69, 9.17) is 5.73 Å².